The van der Waals surface area contributed by atoms with E-state index in [9.17, 15) is 9.90 Å². The number of hydrogen-bond acceptors (Lipinski definition) is 4. The van der Waals surface area contributed by atoms with Gasteiger partial charge < -0.3 is 20.6 Å². The number of carboxylic acids is 1. The summed E-state index contributed by atoms with van der Waals surface area (Å²) >= 11 is 0. The molecule has 1 rings (SSSR count). The number of aliphatic carboxylic acids is 1. The molecule has 7 heteroatoms. The number of nitrogens with zero attached hydrogens (tertiary/aromatic N) is 2. The molecule has 1 atom stereocenters. The average Bonchev–Trinajstić information content (AvgIpc) is 3.28. The van der Waals surface area contributed by atoms with Crippen LogP contribution in [0.15, 0.2) is 4.99 Å². The zero-order chi connectivity index (χ0) is 21.9. The Kier molecular flexibility index (Phi) is 24.1. The third kappa shape index (κ3) is 17.4. The van der Waals surface area contributed by atoms with Crippen LogP contribution in [0.3, 0.4) is 0 Å². The Morgan fingerprint density at radius 2 is 1.28 bits per heavy atom. The summed E-state index contributed by atoms with van der Waals surface area (Å²) in [5.74, 6) is -0.850. The summed E-state index contributed by atoms with van der Waals surface area (Å²) in [5.41, 5.74) is -1.05. The van der Waals surface area contributed by atoms with Gasteiger partial charge in [0.1, 0.15) is 5.72 Å². The molecule has 0 aromatic rings. The molecule has 1 heterocycles. The Labute approximate surface area is 219 Å². The molecule has 0 aliphatic carbocycles. The van der Waals surface area contributed by atoms with Gasteiger partial charge in [-0.15, -0.1) is 0 Å². The molecule has 1 aliphatic rings. The van der Waals surface area contributed by atoms with Gasteiger partial charge >= 0.3 is 35.5 Å². The monoisotopic (exact) mass is 466 g/mol. The van der Waals surface area contributed by atoms with Gasteiger partial charge in [-0.25, -0.2) is 0 Å². The zero-order valence-corrected chi connectivity index (χ0v) is 20.1. The second kappa shape index (κ2) is 22.6. The number of carbonyl (C=O) groups is 1. The van der Waals surface area contributed by atoms with Crippen molar-refractivity contribution in [3.63, 3.8) is 0 Å². The molecule has 4 N–H and O–H groups in total. The Morgan fingerprint density at radius 1 is 0.844 bits per heavy atom. The molecule has 0 bridgehead atoms. The first-order valence-corrected chi connectivity index (χ1v) is 12.8. The summed E-state index contributed by atoms with van der Waals surface area (Å²) in [6.45, 7) is 3.65. The van der Waals surface area contributed by atoms with Gasteiger partial charge in [0, 0.05) is 19.4 Å². The van der Waals surface area contributed by atoms with E-state index < -0.39 is 11.7 Å². The quantitative estimate of drug-likeness (QED) is 0.182. The topological polar surface area (TPSA) is 105 Å². The Bertz CT molecular complexity index is 465. The third-order valence-corrected chi connectivity index (χ3v) is 6.40. The van der Waals surface area contributed by atoms with Crippen LogP contribution < -0.4 is 0 Å². The van der Waals surface area contributed by atoms with Crippen LogP contribution in [0.25, 0.3) is 0 Å². The van der Waals surface area contributed by atoms with Crippen molar-refractivity contribution in [1.29, 1.82) is 0 Å². The predicted molar refractivity (Wildman–Crippen MR) is 137 cm³/mol. The fourth-order valence-corrected chi connectivity index (χ4v) is 4.37. The van der Waals surface area contributed by atoms with Crippen molar-refractivity contribution in [2.75, 3.05) is 13.1 Å². The second-order valence-corrected chi connectivity index (χ2v) is 9.14. The third-order valence-electron chi connectivity index (χ3n) is 6.40. The molecule has 0 amide bonds. The molecule has 0 saturated carbocycles. The van der Waals surface area contributed by atoms with E-state index in [4.69, 9.17) is 5.11 Å². The van der Waals surface area contributed by atoms with Gasteiger partial charge in [0.25, 0.3) is 0 Å². The summed E-state index contributed by atoms with van der Waals surface area (Å²) in [7, 11) is 0. The first-order chi connectivity index (χ1) is 14.6. The van der Waals surface area contributed by atoms with Crippen LogP contribution in [-0.2, 0) is 4.79 Å². The van der Waals surface area contributed by atoms with Gasteiger partial charge in [0.2, 0.25) is 0 Å². The molecule has 0 radical (unpaired) electrons. The van der Waals surface area contributed by atoms with Crippen LogP contribution in [0.5, 0.6) is 0 Å². The van der Waals surface area contributed by atoms with Crippen molar-refractivity contribution in [3.05, 3.63) is 0 Å². The number of carboxylic acid groups (broad SMARTS) is 1. The van der Waals surface area contributed by atoms with Crippen LogP contribution in [0.4, 0.5) is 0 Å². The molecule has 186 valence electrons. The van der Waals surface area contributed by atoms with Crippen LogP contribution in [-0.4, -0.2) is 81.3 Å². The molecule has 6 nitrogen and oxygen atoms in total. The van der Waals surface area contributed by atoms with E-state index in [0.29, 0.717) is 19.5 Å². The van der Waals surface area contributed by atoms with E-state index >= 15 is 0 Å². The SMILES string of the molecule is CCCCCCCCCCCCCCCCCCC(O)(CCC(=O)O)N1C=NCC1.O.[NaH]. The van der Waals surface area contributed by atoms with E-state index in [2.05, 4.69) is 11.9 Å². The van der Waals surface area contributed by atoms with Crippen molar-refractivity contribution in [3.8, 4) is 0 Å². The van der Waals surface area contributed by atoms with Gasteiger partial charge in [-0.3, -0.25) is 9.79 Å². The van der Waals surface area contributed by atoms with Crippen LogP contribution in [0.1, 0.15) is 129 Å². The number of rotatable bonds is 21. The van der Waals surface area contributed by atoms with Crippen LogP contribution >= 0.6 is 0 Å². The van der Waals surface area contributed by atoms with Gasteiger partial charge in [-0.2, -0.15) is 0 Å². The standard InChI is InChI=1S/C25H48N2O3.Na.H2O.H/c1-2-3-4-5-6-7-8-9-10-11-12-13-14-15-16-17-19-25(30,20-18-24(28)29)27-22-21-26-23-27;;;/h23,30H,2-22H2,1H3,(H,28,29);;1H2;. The molecule has 0 fully saturated rings. The molecule has 1 aliphatic heterocycles. The van der Waals surface area contributed by atoms with Crippen LogP contribution in [0.2, 0.25) is 0 Å². The first-order valence-electron chi connectivity index (χ1n) is 12.8. The fourth-order valence-electron chi connectivity index (χ4n) is 4.37. The Balaban J connectivity index is 0. The predicted octanol–water partition coefficient (Wildman–Crippen LogP) is 5.06. The van der Waals surface area contributed by atoms with Gasteiger partial charge in [-0.1, -0.05) is 103 Å². The zero-order valence-electron chi connectivity index (χ0n) is 20.1. The van der Waals surface area contributed by atoms with Crippen molar-refractivity contribution in [2.45, 2.75) is 135 Å². The summed E-state index contributed by atoms with van der Waals surface area (Å²) in [5, 5.41) is 19.9. The van der Waals surface area contributed by atoms with E-state index in [0.717, 1.165) is 12.8 Å². The first kappa shape index (κ1) is 34.0. The molecule has 1 unspecified atom stereocenters. The summed E-state index contributed by atoms with van der Waals surface area (Å²) in [4.78, 5) is 16.9. The Hall–Kier alpha value is -0.140. The maximum atomic E-state index is 10.9. The summed E-state index contributed by atoms with van der Waals surface area (Å²) in [6, 6.07) is 0. The van der Waals surface area contributed by atoms with E-state index in [1.165, 1.54) is 89.9 Å². The number of aliphatic hydroxyl groups is 1. The minimum absolute atomic E-state index is 0. The van der Waals surface area contributed by atoms with Gasteiger partial charge in [0.15, 0.2) is 0 Å². The average molecular weight is 467 g/mol. The normalized spacial score (nSPS) is 14.6. The van der Waals surface area contributed by atoms with Crippen molar-refractivity contribution >= 4 is 41.9 Å². The molecule has 32 heavy (non-hydrogen) atoms. The Morgan fingerprint density at radius 3 is 1.66 bits per heavy atom. The molecule has 0 saturated heterocycles. The molecule has 0 aromatic carbocycles. The fraction of sp³-hybridized carbons (Fsp3) is 0.920. The summed E-state index contributed by atoms with van der Waals surface area (Å²) in [6.07, 6.45) is 23.8. The van der Waals surface area contributed by atoms with Crippen molar-refractivity contribution in [1.82, 2.24) is 4.90 Å². The van der Waals surface area contributed by atoms with E-state index in [1.807, 2.05) is 4.90 Å². The summed E-state index contributed by atoms with van der Waals surface area (Å²) < 4.78 is 0. The molecular formula is C25H51N2NaO4. The number of aliphatic imine (C=N–C) groups is 1. The molecule has 0 spiro atoms. The number of unbranched alkanes of at least 4 members (excludes halogenated alkanes) is 15. The van der Waals surface area contributed by atoms with Gasteiger partial charge in [-0.05, 0) is 12.8 Å². The molecular weight excluding hydrogens is 415 g/mol. The second-order valence-electron chi connectivity index (χ2n) is 9.14. The number of hydrogen-bond donors (Lipinski definition) is 2. The van der Waals surface area contributed by atoms with E-state index in [1.54, 1.807) is 6.34 Å². The van der Waals surface area contributed by atoms with Crippen molar-refractivity contribution in [2.24, 2.45) is 4.99 Å². The van der Waals surface area contributed by atoms with E-state index in [-0.39, 0.29) is 47.9 Å². The van der Waals surface area contributed by atoms with Gasteiger partial charge in [0.05, 0.1) is 12.9 Å². The van der Waals surface area contributed by atoms with Crippen LogP contribution in [0, 0.1) is 0 Å². The maximum absolute atomic E-state index is 10.9. The van der Waals surface area contributed by atoms with Crippen molar-refractivity contribution < 1.29 is 20.5 Å². The minimum atomic E-state index is -1.05. The molecule has 0 aromatic heterocycles.